The van der Waals surface area contributed by atoms with Gasteiger partial charge in [-0.1, -0.05) is 72.8 Å². The molecule has 0 bridgehead atoms. The number of aromatic nitrogens is 2. The van der Waals surface area contributed by atoms with E-state index >= 15 is 0 Å². The van der Waals surface area contributed by atoms with E-state index in [1.165, 1.54) is 21.9 Å². The number of benzene rings is 6. The zero-order chi connectivity index (χ0) is 31.2. The average molecular weight is 684 g/mol. The summed E-state index contributed by atoms with van der Waals surface area (Å²) in [5.41, 5.74) is 10.0. The van der Waals surface area contributed by atoms with Crippen molar-refractivity contribution in [2.75, 3.05) is 10.6 Å². The fourth-order valence-electron chi connectivity index (χ4n) is 6.92. The summed E-state index contributed by atoms with van der Waals surface area (Å²) in [6.45, 7) is 0. The van der Waals surface area contributed by atoms with Crippen molar-refractivity contribution < 1.29 is 9.78 Å². The summed E-state index contributed by atoms with van der Waals surface area (Å²) in [6.07, 6.45) is 2.68. The minimum absolute atomic E-state index is 0. The molecule has 0 fully saturated rings. The van der Waals surface area contributed by atoms with Gasteiger partial charge in [0.1, 0.15) is 0 Å². The number of aryl methyl sites for hydroxylation is 2. The first-order valence-corrected chi connectivity index (χ1v) is 16.0. The predicted molar refractivity (Wildman–Crippen MR) is 206 cm³/mol. The van der Waals surface area contributed by atoms with Crippen molar-refractivity contribution in [2.24, 2.45) is 0 Å². The Morgan fingerprint density at radius 1 is 0.408 bits per heavy atom. The molecular formula is C41H32Cl2N4O2. The maximum atomic E-state index is 6.06. The van der Waals surface area contributed by atoms with Gasteiger partial charge >= 0.3 is 0 Å². The molecule has 9 rings (SSSR count). The number of fused-ring (bicyclic) bond motifs is 6. The highest BCUT2D eigenvalue weighted by Crippen LogP contribution is 2.39. The van der Waals surface area contributed by atoms with Gasteiger partial charge in [0.2, 0.25) is 11.5 Å². The van der Waals surface area contributed by atoms with Crippen LogP contribution in [0, 0.1) is 0 Å². The van der Waals surface area contributed by atoms with Gasteiger partial charge in [-0.2, -0.15) is 0 Å². The number of nitrogens with one attached hydrogen (secondary N) is 2. The molecule has 6 nitrogen and oxygen atoms in total. The van der Waals surface area contributed by atoms with Crippen LogP contribution in [0.3, 0.4) is 0 Å². The van der Waals surface area contributed by atoms with Gasteiger partial charge in [-0.3, -0.25) is 9.78 Å². The van der Waals surface area contributed by atoms with E-state index in [2.05, 4.69) is 95.6 Å². The lowest BCUT2D eigenvalue weighted by Crippen LogP contribution is -2.05. The van der Waals surface area contributed by atoms with E-state index in [-0.39, 0.29) is 24.8 Å². The SMILES string of the molecule is Cl.Cl.c1ccc2c(c1)Nc1cccc3nc4ccccc4c(c13)CCCc1c3ccccc3nc3cccc(c13)Nc1ccccc1OO2. The third-order valence-electron chi connectivity index (χ3n) is 9.02. The van der Waals surface area contributed by atoms with E-state index in [4.69, 9.17) is 19.7 Å². The largest absolute Gasteiger partial charge is 0.352 e. The van der Waals surface area contributed by atoms with Crippen LogP contribution < -0.4 is 20.4 Å². The first-order chi connectivity index (χ1) is 23.3. The molecule has 6 aromatic carbocycles. The van der Waals surface area contributed by atoms with E-state index in [1.807, 2.05) is 48.5 Å². The molecule has 3 heterocycles. The van der Waals surface area contributed by atoms with E-state index in [9.17, 15) is 0 Å². The summed E-state index contributed by atoms with van der Waals surface area (Å²) in [5, 5.41) is 11.9. The maximum absolute atomic E-state index is 6.06. The van der Waals surface area contributed by atoms with Crippen LogP contribution in [0.5, 0.6) is 11.5 Å². The van der Waals surface area contributed by atoms with Crippen LogP contribution in [0.4, 0.5) is 22.7 Å². The quantitative estimate of drug-likeness (QED) is 0.122. The summed E-state index contributed by atoms with van der Waals surface area (Å²) >= 11 is 0. The van der Waals surface area contributed by atoms with Crippen molar-refractivity contribution in [1.82, 2.24) is 9.97 Å². The van der Waals surface area contributed by atoms with Gasteiger partial charge in [-0.05, 0) is 91.1 Å². The van der Waals surface area contributed by atoms with E-state index in [1.54, 1.807) is 0 Å². The molecule has 0 amide bonds. The summed E-state index contributed by atoms with van der Waals surface area (Å²) in [4.78, 5) is 22.3. The molecule has 2 aromatic heterocycles. The molecule has 0 spiro atoms. The number of rotatable bonds is 0. The number of anilines is 4. The monoisotopic (exact) mass is 682 g/mol. The van der Waals surface area contributed by atoms with Crippen LogP contribution in [-0.2, 0) is 12.8 Å². The fraction of sp³-hybridized carbons (Fsp3) is 0.0732. The number of halogens is 2. The second-order valence-electron chi connectivity index (χ2n) is 11.9. The topological polar surface area (TPSA) is 68.3 Å². The highest BCUT2D eigenvalue weighted by molar-refractivity contribution is 6.06. The molecule has 0 atom stereocenters. The van der Waals surface area contributed by atoms with Gasteiger partial charge in [0.15, 0.2) is 0 Å². The minimum Gasteiger partial charge on any atom is -0.352 e. The molecule has 0 unspecified atom stereocenters. The molecule has 0 saturated heterocycles. The Balaban J connectivity index is 0.00000189. The molecule has 8 aromatic rings. The Bertz CT molecular complexity index is 2310. The summed E-state index contributed by atoms with van der Waals surface area (Å²) in [7, 11) is 0. The lowest BCUT2D eigenvalue weighted by atomic mass is 9.93. The molecule has 0 saturated carbocycles. The number of nitrogens with zero attached hydrogens (tertiary/aromatic N) is 2. The molecule has 0 radical (unpaired) electrons. The lowest BCUT2D eigenvalue weighted by Gasteiger charge is -2.17. The van der Waals surface area contributed by atoms with Crippen LogP contribution in [-0.4, -0.2) is 9.97 Å². The van der Waals surface area contributed by atoms with Gasteiger partial charge in [0.05, 0.1) is 33.4 Å². The predicted octanol–water partition coefficient (Wildman–Crippen LogP) is 11.3. The van der Waals surface area contributed by atoms with Crippen LogP contribution >= 0.6 is 24.8 Å². The van der Waals surface area contributed by atoms with Crippen molar-refractivity contribution in [3.05, 3.63) is 145 Å². The fourth-order valence-corrected chi connectivity index (χ4v) is 6.92. The second kappa shape index (κ2) is 13.5. The molecule has 0 aliphatic carbocycles. The van der Waals surface area contributed by atoms with Crippen molar-refractivity contribution in [3.8, 4) is 11.5 Å². The summed E-state index contributed by atoms with van der Waals surface area (Å²) in [6, 6.07) is 45.1. The Hall–Kier alpha value is -5.56. The summed E-state index contributed by atoms with van der Waals surface area (Å²) in [5.74, 6) is 1.14. The highest BCUT2D eigenvalue weighted by atomic mass is 35.5. The lowest BCUT2D eigenvalue weighted by molar-refractivity contribution is -0.0984. The third kappa shape index (κ3) is 5.79. The molecule has 1 aliphatic heterocycles. The summed E-state index contributed by atoms with van der Waals surface area (Å²) < 4.78 is 0. The second-order valence-corrected chi connectivity index (χ2v) is 11.9. The van der Waals surface area contributed by atoms with Gasteiger partial charge in [0.25, 0.3) is 0 Å². The molecule has 242 valence electrons. The van der Waals surface area contributed by atoms with Crippen LogP contribution in [0.2, 0.25) is 0 Å². The Kier molecular flexibility index (Phi) is 8.83. The van der Waals surface area contributed by atoms with Crippen LogP contribution in [0.15, 0.2) is 133 Å². The zero-order valence-corrected chi connectivity index (χ0v) is 28.0. The molecule has 49 heavy (non-hydrogen) atoms. The normalized spacial score (nSPS) is 12.6. The highest BCUT2D eigenvalue weighted by Gasteiger charge is 2.18. The Labute approximate surface area is 295 Å². The smallest absolute Gasteiger partial charge is 0.201 e. The van der Waals surface area contributed by atoms with Gasteiger partial charge < -0.3 is 10.6 Å². The maximum Gasteiger partial charge on any atom is 0.201 e. The number of hydrogen-bond donors (Lipinski definition) is 2. The Morgan fingerprint density at radius 2 is 0.796 bits per heavy atom. The Morgan fingerprint density at radius 3 is 1.29 bits per heavy atom. The zero-order valence-electron chi connectivity index (χ0n) is 26.4. The first kappa shape index (κ1) is 32.0. The molecule has 2 N–H and O–H groups in total. The van der Waals surface area contributed by atoms with Gasteiger partial charge in [-0.15, -0.1) is 24.8 Å². The number of para-hydroxylation sites is 6. The van der Waals surface area contributed by atoms with Crippen molar-refractivity contribution in [3.63, 3.8) is 0 Å². The van der Waals surface area contributed by atoms with E-state index in [0.29, 0.717) is 11.5 Å². The van der Waals surface area contributed by atoms with Gasteiger partial charge in [0, 0.05) is 32.9 Å². The van der Waals surface area contributed by atoms with Crippen LogP contribution in [0.1, 0.15) is 17.5 Å². The van der Waals surface area contributed by atoms with E-state index < -0.39 is 0 Å². The molecule has 1 aliphatic rings. The van der Waals surface area contributed by atoms with Crippen LogP contribution in [0.25, 0.3) is 43.6 Å². The third-order valence-corrected chi connectivity index (χ3v) is 9.02. The standard InChI is InChI=1S/C41H30N4O2.2ClH/c1-3-16-30-26(12-1)28-14-9-15-29-27-13-2-4-17-31(27)43-35-21-11-23-37(41(29)35)45-33-19-6-8-25-39(33)47-46-38-24-7-5-18-32(38)44-36-22-10-20-34(42-30)40(28)36;;/h1-8,10-13,16-25,44-45H,9,14-15H2;2*1H. The number of pyridine rings is 2. The first-order valence-electron chi connectivity index (χ1n) is 16.0. The van der Waals surface area contributed by atoms with Crippen molar-refractivity contribution in [1.29, 1.82) is 0 Å². The van der Waals surface area contributed by atoms with E-state index in [0.717, 1.165) is 74.9 Å². The number of hydrogen-bond acceptors (Lipinski definition) is 6. The van der Waals surface area contributed by atoms with Gasteiger partial charge in [-0.25, -0.2) is 9.97 Å². The molecular weight excluding hydrogens is 651 g/mol. The van der Waals surface area contributed by atoms with Crippen molar-refractivity contribution >= 4 is 91.2 Å². The van der Waals surface area contributed by atoms with Crippen molar-refractivity contribution in [2.45, 2.75) is 19.3 Å². The molecule has 8 heteroatoms. The minimum atomic E-state index is 0. The average Bonchev–Trinajstić information content (AvgIpc) is 3.11.